The van der Waals surface area contributed by atoms with Gasteiger partial charge in [0, 0.05) is 11.1 Å². The van der Waals surface area contributed by atoms with Crippen LogP contribution in [0.5, 0.6) is 0 Å². The summed E-state index contributed by atoms with van der Waals surface area (Å²) < 4.78 is 0. The maximum absolute atomic E-state index is 11.9. The van der Waals surface area contributed by atoms with Gasteiger partial charge >= 0.3 is 0 Å². The third-order valence-electron chi connectivity index (χ3n) is 3.09. The van der Waals surface area contributed by atoms with Gasteiger partial charge in [-0.05, 0) is 32.2 Å². The van der Waals surface area contributed by atoms with Gasteiger partial charge in [-0.15, -0.1) is 11.3 Å². The molecule has 1 aromatic rings. The van der Waals surface area contributed by atoms with Crippen molar-refractivity contribution in [3.63, 3.8) is 0 Å². The predicted octanol–water partition coefficient (Wildman–Crippen LogP) is 1.46. The molecule has 94 valence electrons. The van der Waals surface area contributed by atoms with Crippen molar-refractivity contribution in [3.05, 3.63) is 16.1 Å². The Balaban J connectivity index is 1.80. The van der Waals surface area contributed by atoms with Crippen molar-refractivity contribution in [2.24, 2.45) is 5.92 Å². The average Bonchev–Trinajstić information content (AvgIpc) is 2.72. The highest BCUT2D eigenvalue weighted by atomic mass is 32.1. The summed E-state index contributed by atoms with van der Waals surface area (Å²) in [5.74, 6) is 0.750. The van der Waals surface area contributed by atoms with Gasteiger partial charge in [-0.2, -0.15) is 0 Å². The molecule has 2 unspecified atom stereocenters. The van der Waals surface area contributed by atoms with Crippen LogP contribution in [0.4, 0.5) is 0 Å². The topological polar surface area (TPSA) is 54.0 Å². The number of piperidine rings is 1. The minimum absolute atomic E-state index is 0.0206. The van der Waals surface area contributed by atoms with Crippen molar-refractivity contribution >= 4 is 17.2 Å². The van der Waals surface area contributed by atoms with Crippen LogP contribution in [0.3, 0.4) is 0 Å². The van der Waals surface area contributed by atoms with E-state index in [0.29, 0.717) is 12.5 Å². The zero-order valence-electron chi connectivity index (χ0n) is 10.3. The van der Waals surface area contributed by atoms with E-state index >= 15 is 0 Å². The number of thiazole rings is 1. The van der Waals surface area contributed by atoms with E-state index in [-0.39, 0.29) is 11.9 Å². The number of aromatic nitrogens is 1. The van der Waals surface area contributed by atoms with Crippen LogP contribution < -0.4 is 10.6 Å². The van der Waals surface area contributed by atoms with Crippen LogP contribution in [-0.2, 0) is 11.3 Å². The van der Waals surface area contributed by atoms with Gasteiger partial charge in [0.2, 0.25) is 5.91 Å². The summed E-state index contributed by atoms with van der Waals surface area (Å²) in [5.41, 5.74) is 0. The molecule has 1 aliphatic heterocycles. The van der Waals surface area contributed by atoms with Gasteiger partial charge in [0.05, 0.1) is 17.6 Å². The predicted molar refractivity (Wildman–Crippen MR) is 68.9 cm³/mol. The molecule has 0 saturated carbocycles. The third kappa shape index (κ3) is 3.51. The second-order valence-electron chi connectivity index (χ2n) is 4.70. The van der Waals surface area contributed by atoms with Crippen LogP contribution in [0.1, 0.15) is 29.7 Å². The monoisotopic (exact) mass is 253 g/mol. The van der Waals surface area contributed by atoms with Crippen LogP contribution >= 0.6 is 11.3 Å². The number of hydrogen-bond donors (Lipinski definition) is 2. The first-order chi connectivity index (χ1) is 8.15. The van der Waals surface area contributed by atoms with Crippen LogP contribution in [0.2, 0.25) is 0 Å². The molecule has 1 amide bonds. The first-order valence-corrected chi connectivity index (χ1v) is 6.89. The minimum Gasteiger partial charge on any atom is -0.350 e. The Hall–Kier alpha value is -0.940. The number of nitrogens with zero attached hydrogens (tertiary/aromatic N) is 1. The molecule has 1 aromatic heterocycles. The molecule has 5 heteroatoms. The summed E-state index contributed by atoms with van der Waals surface area (Å²) in [6, 6.07) is -0.0206. The van der Waals surface area contributed by atoms with Gasteiger partial charge in [-0.1, -0.05) is 6.92 Å². The van der Waals surface area contributed by atoms with E-state index in [2.05, 4.69) is 22.5 Å². The number of aryl methyl sites for hydroxylation is 1. The SMILES string of the molecule is Cc1ncc(CNC(=O)C2CC(C)CCN2)s1. The second-order valence-corrected chi connectivity index (χ2v) is 6.02. The van der Waals surface area contributed by atoms with E-state index in [1.165, 1.54) is 0 Å². The maximum Gasteiger partial charge on any atom is 0.237 e. The standard InChI is InChI=1S/C12H19N3OS/c1-8-3-4-13-11(5-8)12(16)15-7-10-6-14-9(2)17-10/h6,8,11,13H,3-5,7H2,1-2H3,(H,15,16). The van der Waals surface area contributed by atoms with Crippen molar-refractivity contribution in [3.8, 4) is 0 Å². The smallest absolute Gasteiger partial charge is 0.237 e. The average molecular weight is 253 g/mol. The van der Waals surface area contributed by atoms with Gasteiger partial charge in [0.15, 0.2) is 0 Å². The Bertz CT molecular complexity index is 391. The summed E-state index contributed by atoms with van der Waals surface area (Å²) in [7, 11) is 0. The highest BCUT2D eigenvalue weighted by molar-refractivity contribution is 7.11. The van der Waals surface area contributed by atoms with Crippen molar-refractivity contribution in [2.45, 2.75) is 39.3 Å². The molecule has 0 aliphatic carbocycles. The third-order valence-corrected chi connectivity index (χ3v) is 4.00. The minimum atomic E-state index is -0.0206. The Morgan fingerprint density at radius 3 is 3.18 bits per heavy atom. The fourth-order valence-corrected chi connectivity index (χ4v) is 2.83. The molecule has 1 saturated heterocycles. The number of amides is 1. The number of nitrogens with one attached hydrogen (secondary N) is 2. The normalized spacial score (nSPS) is 24.6. The summed E-state index contributed by atoms with van der Waals surface area (Å²) in [4.78, 5) is 17.2. The fourth-order valence-electron chi connectivity index (χ4n) is 2.09. The molecule has 2 N–H and O–H groups in total. The first kappa shape index (κ1) is 12.5. The van der Waals surface area contributed by atoms with Crippen LogP contribution in [0.25, 0.3) is 0 Å². The molecule has 17 heavy (non-hydrogen) atoms. The zero-order chi connectivity index (χ0) is 12.3. The van der Waals surface area contributed by atoms with Crippen LogP contribution in [0.15, 0.2) is 6.20 Å². The van der Waals surface area contributed by atoms with Crippen molar-refractivity contribution < 1.29 is 4.79 Å². The van der Waals surface area contributed by atoms with E-state index < -0.39 is 0 Å². The molecule has 4 nitrogen and oxygen atoms in total. The van der Waals surface area contributed by atoms with E-state index in [9.17, 15) is 4.79 Å². The van der Waals surface area contributed by atoms with Crippen LogP contribution in [0, 0.1) is 12.8 Å². The van der Waals surface area contributed by atoms with Gasteiger partial charge in [-0.25, -0.2) is 4.98 Å². The van der Waals surface area contributed by atoms with Gasteiger partial charge in [0.1, 0.15) is 0 Å². The molecular weight excluding hydrogens is 234 g/mol. The van der Waals surface area contributed by atoms with Crippen molar-refractivity contribution in [1.29, 1.82) is 0 Å². The van der Waals surface area contributed by atoms with Gasteiger partial charge in [-0.3, -0.25) is 4.79 Å². The van der Waals surface area contributed by atoms with E-state index in [1.807, 2.05) is 13.1 Å². The number of carbonyl (C=O) groups is 1. The summed E-state index contributed by atoms with van der Waals surface area (Å²) in [5, 5.41) is 7.28. The van der Waals surface area contributed by atoms with Gasteiger partial charge < -0.3 is 10.6 Å². The Morgan fingerprint density at radius 1 is 1.71 bits per heavy atom. The largest absolute Gasteiger partial charge is 0.350 e. The zero-order valence-corrected chi connectivity index (χ0v) is 11.1. The highest BCUT2D eigenvalue weighted by Gasteiger charge is 2.24. The Kier molecular flexibility index (Phi) is 4.12. The van der Waals surface area contributed by atoms with Crippen molar-refractivity contribution in [2.75, 3.05) is 6.54 Å². The number of carbonyl (C=O) groups excluding carboxylic acids is 1. The van der Waals surface area contributed by atoms with Crippen LogP contribution in [-0.4, -0.2) is 23.5 Å². The summed E-state index contributed by atoms with van der Waals surface area (Å²) >= 11 is 1.63. The Labute approximate surface area is 106 Å². The quantitative estimate of drug-likeness (QED) is 0.857. The lowest BCUT2D eigenvalue weighted by Gasteiger charge is -2.27. The summed E-state index contributed by atoms with van der Waals surface area (Å²) in [6.45, 7) is 5.71. The molecular formula is C12H19N3OS. The highest BCUT2D eigenvalue weighted by Crippen LogP contribution is 2.15. The molecule has 2 atom stereocenters. The van der Waals surface area contributed by atoms with E-state index in [4.69, 9.17) is 0 Å². The van der Waals surface area contributed by atoms with Crippen molar-refractivity contribution in [1.82, 2.24) is 15.6 Å². The van der Waals surface area contributed by atoms with E-state index in [1.54, 1.807) is 11.3 Å². The lowest BCUT2D eigenvalue weighted by Crippen LogP contribution is -2.48. The van der Waals surface area contributed by atoms with Gasteiger partial charge in [0.25, 0.3) is 0 Å². The number of hydrogen-bond acceptors (Lipinski definition) is 4. The number of rotatable bonds is 3. The lowest BCUT2D eigenvalue weighted by molar-refractivity contribution is -0.124. The molecule has 2 rings (SSSR count). The maximum atomic E-state index is 11.9. The first-order valence-electron chi connectivity index (χ1n) is 6.07. The molecule has 0 radical (unpaired) electrons. The lowest BCUT2D eigenvalue weighted by atomic mass is 9.94. The molecule has 1 aliphatic rings. The van der Waals surface area contributed by atoms with E-state index in [0.717, 1.165) is 29.3 Å². The molecule has 0 bridgehead atoms. The summed E-state index contributed by atoms with van der Waals surface area (Å²) in [6.07, 6.45) is 3.93. The second kappa shape index (κ2) is 5.60. The fraction of sp³-hybridized carbons (Fsp3) is 0.667. The molecule has 0 spiro atoms. The Morgan fingerprint density at radius 2 is 2.53 bits per heavy atom. The molecule has 0 aromatic carbocycles. The molecule has 2 heterocycles. The molecule has 1 fully saturated rings.